The van der Waals surface area contributed by atoms with E-state index in [4.69, 9.17) is 0 Å². The molecule has 1 rings (SSSR count). The van der Waals surface area contributed by atoms with Crippen molar-refractivity contribution >= 4 is 5.91 Å². The summed E-state index contributed by atoms with van der Waals surface area (Å²) in [5, 5.41) is 12.8. The summed E-state index contributed by atoms with van der Waals surface area (Å²) in [5.41, 5.74) is 0.685. The van der Waals surface area contributed by atoms with Crippen LogP contribution in [0, 0.1) is 11.7 Å². The van der Waals surface area contributed by atoms with Crippen LogP contribution in [0.15, 0.2) is 24.3 Å². The number of rotatable bonds is 7. The molecule has 1 aromatic rings. The second-order valence-corrected chi connectivity index (χ2v) is 5.28. The third kappa shape index (κ3) is 5.67. The lowest BCUT2D eigenvalue weighted by Crippen LogP contribution is -2.36. The van der Waals surface area contributed by atoms with Crippen molar-refractivity contribution in [1.29, 1.82) is 0 Å². The van der Waals surface area contributed by atoms with Crippen molar-refractivity contribution < 1.29 is 14.3 Å². The quantitative estimate of drug-likeness (QED) is 0.798. The van der Waals surface area contributed by atoms with E-state index < -0.39 is 6.10 Å². The fraction of sp³-hybridized carbons (Fsp3) is 0.533. The smallest absolute Gasteiger partial charge is 0.222 e. The second kappa shape index (κ2) is 7.97. The Morgan fingerprint density at radius 3 is 2.50 bits per heavy atom. The SMILES string of the molecule is CC(C)C(=O)NCCN(C)CC(O)c1ccc(F)cc1. The first-order chi connectivity index (χ1) is 9.40. The Hall–Kier alpha value is -1.46. The highest BCUT2D eigenvalue weighted by Gasteiger charge is 2.11. The van der Waals surface area contributed by atoms with Gasteiger partial charge in [0.05, 0.1) is 6.10 Å². The number of hydrogen-bond acceptors (Lipinski definition) is 3. The van der Waals surface area contributed by atoms with Crippen LogP contribution in [0.4, 0.5) is 4.39 Å². The molecule has 0 saturated carbocycles. The minimum atomic E-state index is -0.665. The van der Waals surface area contributed by atoms with E-state index in [9.17, 15) is 14.3 Å². The summed E-state index contributed by atoms with van der Waals surface area (Å²) < 4.78 is 12.8. The van der Waals surface area contributed by atoms with E-state index in [0.717, 1.165) is 0 Å². The molecular formula is C15H23FN2O2. The van der Waals surface area contributed by atoms with Gasteiger partial charge in [-0.15, -0.1) is 0 Å². The van der Waals surface area contributed by atoms with Crippen molar-refractivity contribution in [3.8, 4) is 0 Å². The molecule has 0 saturated heterocycles. The van der Waals surface area contributed by atoms with Gasteiger partial charge in [-0.1, -0.05) is 26.0 Å². The number of nitrogens with one attached hydrogen (secondary N) is 1. The average Bonchev–Trinajstić information content (AvgIpc) is 2.39. The van der Waals surface area contributed by atoms with Crippen LogP contribution >= 0.6 is 0 Å². The molecule has 2 N–H and O–H groups in total. The number of nitrogens with zero attached hydrogens (tertiary/aromatic N) is 1. The Bertz CT molecular complexity index is 420. The van der Waals surface area contributed by atoms with Crippen LogP contribution in [0.2, 0.25) is 0 Å². The van der Waals surface area contributed by atoms with Gasteiger partial charge in [0.25, 0.3) is 0 Å². The Kier molecular flexibility index (Phi) is 6.61. The van der Waals surface area contributed by atoms with Gasteiger partial charge in [-0.25, -0.2) is 4.39 Å². The predicted octanol–water partition coefficient (Wildman–Crippen LogP) is 1.56. The molecular weight excluding hydrogens is 259 g/mol. The standard InChI is InChI=1S/C15H23FN2O2/c1-11(2)15(20)17-8-9-18(3)10-14(19)12-4-6-13(16)7-5-12/h4-7,11,14,19H,8-10H2,1-3H3,(H,17,20). The zero-order valence-electron chi connectivity index (χ0n) is 12.3. The second-order valence-electron chi connectivity index (χ2n) is 5.28. The Morgan fingerprint density at radius 2 is 1.95 bits per heavy atom. The zero-order chi connectivity index (χ0) is 15.1. The fourth-order valence-electron chi connectivity index (χ4n) is 1.75. The molecule has 0 bridgehead atoms. The highest BCUT2D eigenvalue weighted by molar-refractivity contribution is 5.77. The van der Waals surface area contributed by atoms with Crippen molar-refractivity contribution in [2.24, 2.45) is 5.92 Å². The number of carbonyl (C=O) groups excluding carboxylic acids is 1. The molecule has 0 heterocycles. The summed E-state index contributed by atoms with van der Waals surface area (Å²) >= 11 is 0. The average molecular weight is 282 g/mol. The lowest BCUT2D eigenvalue weighted by atomic mass is 10.1. The molecule has 4 nitrogen and oxygen atoms in total. The molecule has 20 heavy (non-hydrogen) atoms. The highest BCUT2D eigenvalue weighted by atomic mass is 19.1. The molecule has 1 amide bonds. The molecule has 0 aliphatic carbocycles. The Morgan fingerprint density at radius 1 is 1.35 bits per heavy atom. The van der Waals surface area contributed by atoms with E-state index in [0.29, 0.717) is 25.2 Å². The lowest BCUT2D eigenvalue weighted by molar-refractivity contribution is -0.124. The van der Waals surface area contributed by atoms with E-state index in [1.54, 1.807) is 12.1 Å². The molecule has 1 aromatic carbocycles. The van der Waals surface area contributed by atoms with Crippen molar-refractivity contribution in [3.63, 3.8) is 0 Å². The van der Waals surface area contributed by atoms with Crippen LogP contribution in [0.5, 0.6) is 0 Å². The first-order valence-corrected chi connectivity index (χ1v) is 6.80. The van der Waals surface area contributed by atoms with Crippen molar-refractivity contribution in [3.05, 3.63) is 35.6 Å². The molecule has 1 atom stereocenters. The summed E-state index contributed by atoms with van der Waals surface area (Å²) in [4.78, 5) is 13.3. The summed E-state index contributed by atoms with van der Waals surface area (Å²) in [6, 6.07) is 5.82. The van der Waals surface area contributed by atoms with Gasteiger partial charge in [-0.3, -0.25) is 4.79 Å². The van der Waals surface area contributed by atoms with Gasteiger partial charge in [0, 0.05) is 25.6 Å². The molecule has 0 aliphatic heterocycles. The largest absolute Gasteiger partial charge is 0.387 e. The molecule has 5 heteroatoms. The maximum absolute atomic E-state index is 12.8. The van der Waals surface area contributed by atoms with Gasteiger partial charge in [-0.2, -0.15) is 0 Å². The lowest BCUT2D eigenvalue weighted by Gasteiger charge is -2.21. The van der Waals surface area contributed by atoms with Gasteiger partial charge in [0.1, 0.15) is 5.82 Å². The molecule has 0 aliphatic rings. The summed E-state index contributed by atoms with van der Waals surface area (Å²) in [6.45, 7) is 5.32. The van der Waals surface area contributed by atoms with Crippen molar-refractivity contribution in [2.75, 3.05) is 26.7 Å². The van der Waals surface area contributed by atoms with Crippen LogP contribution in [-0.2, 0) is 4.79 Å². The summed E-state index contributed by atoms with van der Waals surface area (Å²) in [7, 11) is 1.87. The van der Waals surface area contributed by atoms with E-state index in [-0.39, 0.29) is 17.6 Å². The van der Waals surface area contributed by atoms with Crippen LogP contribution in [0.1, 0.15) is 25.5 Å². The Labute approximate surface area is 119 Å². The highest BCUT2D eigenvalue weighted by Crippen LogP contribution is 2.14. The minimum absolute atomic E-state index is 0.0230. The summed E-state index contributed by atoms with van der Waals surface area (Å²) in [5.74, 6) is -0.312. The van der Waals surface area contributed by atoms with Crippen LogP contribution in [0.25, 0.3) is 0 Å². The van der Waals surface area contributed by atoms with Crippen molar-refractivity contribution in [2.45, 2.75) is 20.0 Å². The van der Waals surface area contributed by atoms with E-state index >= 15 is 0 Å². The number of aliphatic hydroxyl groups excluding tert-OH is 1. The first-order valence-electron chi connectivity index (χ1n) is 6.80. The topological polar surface area (TPSA) is 52.6 Å². The van der Waals surface area contributed by atoms with Gasteiger partial charge in [-0.05, 0) is 24.7 Å². The minimum Gasteiger partial charge on any atom is -0.387 e. The fourth-order valence-corrected chi connectivity index (χ4v) is 1.75. The monoisotopic (exact) mass is 282 g/mol. The number of benzene rings is 1. The van der Waals surface area contributed by atoms with Gasteiger partial charge < -0.3 is 15.3 Å². The van der Waals surface area contributed by atoms with Crippen LogP contribution in [0.3, 0.4) is 0 Å². The number of likely N-dealkylation sites (N-methyl/N-ethyl adjacent to an activating group) is 1. The number of hydrogen-bond donors (Lipinski definition) is 2. The molecule has 1 unspecified atom stereocenters. The zero-order valence-corrected chi connectivity index (χ0v) is 12.3. The number of aliphatic hydroxyl groups is 1. The van der Waals surface area contributed by atoms with E-state index in [2.05, 4.69) is 5.32 Å². The summed E-state index contributed by atoms with van der Waals surface area (Å²) in [6.07, 6.45) is -0.665. The molecule has 0 aromatic heterocycles. The molecule has 0 radical (unpaired) electrons. The third-order valence-corrected chi connectivity index (χ3v) is 3.06. The number of halogens is 1. The molecule has 0 spiro atoms. The van der Waals surface area contributed by atoms with Gasteiger partial charge in [0.2, 0.25) is 5.91 Å². The van der Waals surface area contributed by atoms with Crippen molar-refractivity contribution in [1.82, 2.24) is 10.2 Å². The first kappa shape index (κ1) is 16.6. The predicted molar refractivity (Wildman–Crippen MR) is 76.7 cm³/mol. The number of amides is 1. The number of carbonyl (C=O) groups is 1. The van der Waals surface area contributed by atoms with Gasteiger partial charge >= 0.3 is 0 Å². The van der Waals surface area contributed by atoms with Crippen LogP contribution in [-0.4, -0.2) is 42.6 Å². The molecule has 0 fully saturated rings. The third-order valence-electron chi connectivity index (χ3n) is 3.06. The maximum atomic E-state index is 12.8. The Balaban J connectivity index is 2.33. The molecule has 112 valence electrons. The van der Waals surface area contributed by atoms with E-state index in [1.165, 1.54) is 12.1 Å². The maximum Gasteiger partial charge on any atom is 0.222 e. The van der Waals surface area contributed by atoms with E-state index in [1.807, 2.05) is 25.8 Å². The van der Waals surface area contributed by atoms with Gasteiger partial charge in [0.15, 0.2) is 0 Å². The van der Waals surface area contributed by atoms with Crippen LogP contribution < -0.4 is 5.32 Å². The normalized spacial score (nSPS) is 12.8.